The third kappa shape index (κ3) is 5.29. The van der Waals surface area contributed by atoms with E-state index in [0.717, 1.165) is 13.1 Å². The molecule has 0 heterocycles. The lowest BCUT2D eigenvalue weighted by Crippen LogP contribution is -2.34. The first-order chi connectivity index (χ1) is 10.3. The van der Waals surface area contributed by atoms with Crippen LogP contribution in [-0.4, -0.2) is 31.3 Å². The van der Waals surface area contributed by atoms with Gasteiger partial charge in [-0.15, -0.1) is 0 Å². The molecule has 0 saturated heterocycles. The number of hydrogen-bond donors (Lipinski definition) is 0. The van der Waals surface area contributed by atoms with Gasteiger partial charge in [0.1, 0.15) is 6.67 Å². The second kappa shape index (κ2) is 8.55. The van der Waals surface area contributed by atoms with Gasteiger partial charge in [0.25, 0.3) is 0 Å². The van der Waals surface area contributed by atoms with Gasteiger partial charge in [-0.2, -0.15) is 0 Å². The highest BCUT2D eigenvalue weighted by molar-refractivity contribution is 5.17. The second-order valence-electron chi connectivity index (χ2n) is 5.15. The molecule has 0 bridgehead atoms. The number of methoxy groups -OCH3 is 1. The first-order valence-electron chi connectivity index (χ1n) is 7.20. The molecule has 0 aliphatic heterocycles. The van der Waals surface area contributed by atoms with Crippen LogP contribution in [0.2, 0.25) is 0 Å². The van der Waals surface area contributed by atoms with Crippen molar-refractivity contribution in [1.29, 1.82) is 0 Å². The Labute approximate surface area is 126 Å². The van der Waals surface area contributed by atoms with Crippen LogP contribution in [0.25, 0.3) is 0 Å². The Balaban J connectivity index is 2.06. The third-order valence-electron chi connectivity index (χ3n) is 3.47. The van der Waals surface area contributed by atoms with Crippen LogP contribution in [0.15, 0.2) is 60.7 Å². The van der Waals surface area contributed by atoms with Crippen LogP contribution in [0, 0.1) is 0 Å². The fraction of sp³-hybridized carbons (Fsp3) is 0.333. The molecule has 0 aromatic heterocycles. The van der Waals surface area contributed by atoms with Crippen LogP contribution < -0.4 is 0 Å². The van der Waals surface area contributed by atoms with Crippen molar-refractivity contribution in [2.45, 2.75) is 19.2 Å². The molecule has 1 atom stereocenters. The predicted octanol–water partition coefficient (Wildman–Crippen LogP) is 3.67. The van der Waals surface area contributed by atoms with Gasteiger partial charge in [-0.1, -0.05) is 60.7 Å². The number of rotatable bonds is 8. The van der Waals surface area contributed by atoms with Crippen LogP contribution in [0.5, 0.6) is 0 Å². The summed E-state index contributed by atoms with van der Waals surface area (Å²) in [5.74, 6) is 0. The zero-order valence-corrected chi connectivity index (χ0v) is 12.4. The van der Waals surface area contributed by atoms with Crippen molar-refractivity contribution >= 4 is 0 Å². The maximum absolute atomic E-state index is 12.9. The molecule has 112 valence electrons. The average molecular weight is 287 g/mol. The van der Waals surface area contributed by atoms with Gasteiger partial charge in [0.15, 0.2) is 0 Å². The molecule has 2 rings (SSSR count). The number of hydrogen-bond acceptors (Lipinski definition) is 2. The summed E-state index contributed by atoms with van der Waals surface area (Å²) >= 11 is 0. The first-order valence-corrected chi connectivity index (χ1v) is 7.20. The van der Waals surface area contributed by atoms with Gasteiger partial charge < -0.3 is 4.74 Å². The lowest BCUT2D eigenvalue weighted by Gasteiger charge is -2.26. The van der Waals surface area contributed by atoms with Crippen molar-refractivity contribution in [3.05, 3.63) is 71.8 Å². The molecular formula is C18H22FNO. The minimum atomic E-state index is -0.462. The van der Waals surface area contributed by atoms with E-state index in [1.54, 1.807) is 7.11 Å². The maximum Gasteiger partial charge on any atom is 0.117 e. The SMILES string of the molecule is CO[C@H](CF)CN(Cc1ccccc1)Cc1ccccc1. The van der Waals surface area contributed by atoms with Crippen LogP contribution >= 0.6 is 0 Å². The summed E-state index contributed by atoms with van der Waals surface area (Å²) in [4.78, 5) is 2.22. The highest BCUT2D eigenvalue weighted by atomic mass is 19.1. The van der Waals surface area contributed by atoms with E-state index >= 15 is 0 Å². The van der Waals surface area contributed by atoms with Crippen LogP contribution in [0.1, 0.15) is 11.1 Å². The molecular weight excluding hydrogens is 265 g/mol. The first kappa shape index (κ1) is 15.7. The molecule has 0 saturated carbocycles. The van der Waals surface area contributed by atoms with Crippen molar-refractivity contribution < 1.29 is 9.13 Å². The highest BCUT2D eigenvalue weighted by Gasteiger charge is 2.14. The Kier molecular flexibility index (Phi) is 6.38. The molecule has 21 heavy (non-hydrogen) atoms. The summed E-state index contributed by atoms with van der Waals surface area (Å²) in [6.07, 6.45) is -0.377. The molecule has 0 radical (unpaired) electrons. The van der Waals surface area contributed by atoms with E-state index in [-0.39, 0.29) is 6.10 Å². The molecule has 2 aromatic rings. The number of halogens is 1. The second-order valence-corrected chi connectivity index (χ2v) is 5.15. The van der Waals surface area contributed by atoms with Crippen LogP contribution in [-0.2, 0) is 17.8 Å². The fourth-order valence-electron chi connectivity index (χ4n) is 2.34. The standard InChI is InChI=1S/C18H22FNO/c1-21-18(12-19)15-20(13-16-8-4-2-5-9-16)14-17-10-6-3-7-11-17/h2-11,18H,12-15H2,1H3/t18-/m1/s1. The van der Waals surface area contributed by atoms with Gasteiger partial charge in [0.2, 0.25) is 0 Å². The molecule has 0 unspecified atom stereocenters. The Morgan fingerprint density at radius 2 is 1.38 bits per heavy atom. The van der Waals surface area contributed by atoms with E-state index in [1.165, 1.54) is 11.1 Å². The van der Waals surface area contributed by atoms with Gasteiger partial charge in [-0.25, -0.2) is 4.39 Å². The Hall–Kier alpha value is -1.71. The Bertz CT molecular complexity index is 458. The van der Waals surface area contributed by atoms with Gasteiger partial charge in [-0.3, -0.25) is 4.90 Å². The maximum atomic E-state index is 12.9. The molecule has 2 aromatic carbocycles. The van der Waals surface area contributed by atoms with Crippen molar-refractivity contribution in [3.8, 4) is 0 Å². The minimum absolute atomic E-state index is 0.377. The molecule has 0 N–H and O–H groups in total. The highest BCUT2D eigenvalue weighted by Crippen LogP contribution is 2.11. The number of nitrogens with zero attached hydrogens (tertiary/aromatic N) is 1. The fourth-order valence-corrected chi connectivity index (χ4v) is 2.34. The number of benzene rings is 2. The van der Waals surface area contributed by atoms with Crippen molar-refractivity contribution in [3.63, 3.8) is 0 Å². The molecule has 2 nitrogen and oxygen atoms in total. The predicted molar refractivity (Wildman–Crippen MR) is 83.8 cm³/mol. The van der Waals surface area contributed by atoms with Gasteiger partial charge in [-0.05, 0) is 11.1 Å². The topological polar surface area (TPSA) is 12.5 Å². The van der Waals surface area contributed by atoms with Crippen molar-refractivity contribution in [2.75, 3.05) is 20.3 Å². The molecule has 0 spiro atoms. The number of ether oxygens (including phenoxy) is 1. The van der Waals surface area contributed by atoms with Crippen molar-refractivity contribution in [2.24, 2.45) is 0 Å². The average Bonchev–Trinajstić information content (AvgIpc) is 2.54. The van der Waals surface area contributed by atoms with E-state index in [2.05, 4.69) is 29.2 Å². The van der Waals surface area contributed by atoms with Gasteiger partial charge in [0.05, 0.1) is 6.10 Å². The zero-order chi connectivity index (χ0) is 14.9. The van der Waals surface area contributed by atoms with E-state index in [4.69, 9.17) is 4.74 Å². The number of alkyl halides is 1. The molecule has 0 fully saturated rings. The largest absolute Gasteiger partial charge is 0.377 e. The zero-order valence-electron chi connectivity index (χ0n) is 12.4. The van der Waals surface area contributed by atoms with E-state index in [9.17, 15) is 4.39 Å². The minimum Gasteiger partial charge on any atom is -0.377 e. The van der Waals surface area contributed by atoms with Gasteiger partial charge >= 0.3 is 0 Å². The summed E-state index contributed by atoms with van der Waals surface area (Å²) in [5.41, 5.74) is 2.45. The summed E-state index contributed by atoms with van der Waals surface area (Å²) in [5, 5.41) is 0. The Morgan fingerprint density at radius 3 is 1.76 bits per heavy atom. The summed E-state index contributed by atoms with van der Waals surface area (Å²) < 4.78 is 18.1. The monoisotopic (exact) mass is 287 g/mol. The van der Waals surface area contributed by atoms with Crippen molar-refractivity contribution in [1.82, 2.24) is 4.90 Å². The lowest BCUT2D eigenvalue weighted by molar-refractivity contribution is 0.0412. The van der Waals surface area contributed by atoms with E-state index in [0.29, 0.717) is 6.54 Å². The molecule has 0 aliphatic carbocycles. The Morgan fingerprint density at radius 1 is 0.905 bits per heavy atom. The molecule has 0 aliphatic rings. The normalized spacial score (nSPS) is 12.5. The molecule has 0 amide bonds. The van der Waals surface area contributed by atoms with Crippen LogP contribution in [0.4, 0.5) is 4.39 Å². The van der Waals surface area contributed by atoms with E-state index < -0.39 is 6.67 Å². The lowest BCUT2D eigenvalue weighted by atomic mass is 10.1. The molecule has 3 heteroatoms. The summed E-state index contributed by atoms with van der Waals surface area (Å²) in [6, 6.07) is 20.5. The quantitative estimate of drug-likeness (QED) is 0.734. The third-order valence-corrected chi connectivity index (χ3v) is 3.47. The summed E-state index contributed by atoms with van der Waals surface area (Å²) in [7, 11) is 1.56. The summed E-state index contributed by atoms with van der Waals surface area (Å²) in [6.45, 7) is 1.69. The van der Waals surface area contributed by atoms with Gasteiger partial charge in [0, 0.05) is 26.7 Å². The van der Waals surface area contributed by atoms with Crippen LogP contribution in [0.3, 0.4) is 0 Å². The smallest absolute Gasteiger partial charge is 0.117 e. The van der Waals surface area contributed by atoms with E-state index in [1.807, 2.05) is 36.4 Å².